The number of allylic oxidation sites excluding steroid dienone is 1. The normalized spacial score (nSPS) is 24.9. The molecule has 2 fully saturated rings. The molecule has 2 aromatic carbocycles. The predicted octanol–water partition coefficient (Wildman–Crippen LogP) is 8.28. The first-order valence-corrected chi connectivity index (χ1v) is 13.2. The lowest BCUT2D eigenvalue weighted by atomic mass is 9.89. The van der Waals surface area contributed by atoms with Crippen molar-refractivity contribution in [2.45, 2.75) is 83.3 Å². The molecular formula is C30H36F4O2. The summed E-state index contributed by atoms with van der Waals surface area (Å²) in [5.74, 6) is -4.04. The van der Waals surface area contributed by atoms with E-state index in [-0.39, 0.29) is 47.0 Å². The molecule has 4 atom stereocenters. The summed E-state index contributed by atoms with van der Waals surface area (Å²) in [6.07, 6.45) is 10.5. The molecule has 2 aliphatic rings. The average Bonchev–Trinajstić information content (AvgIpc) is 2.89. The van der Waals surface area contributed by atoms with Gasteiger partial charge in [0.2, 0.25) is 0 Å². The van der Waals surface area contributed by atoms with Gasteiger partial charge in [-0.1, -0.05) is 49.8 Å². The molecule has 0 bridgehead atoms. The van der Waals surface area contributed by atoms with Crippen LogP contribution in [0.5, 0.6) is 0 Å². The number of halogens is 4. The lowest BCUT2D eigenvalue weighted by Gasteiger charge is -2.29. The van der Waals surface area contributed by atoms with Crippen molar-refractivity contribution in [1.82, 2.24) is 0 Å². The monoisotopic (exact) mass is 504 g/mol. The van der Waals surface area contributed by atoms with Crippen molar-refractivity contribution >= 4 is 0 Å². The van der Waals surface area contributed by atoms with Gasteiger partial charge in [0.15, 0.2) is 23.3 Å². The summed E-state index contributed by atoms with van der Waals surface area (Å²) >= 11 is 0. The Kier molecular flexibility index (Phi) is 9.24. The van der Waals surface area contributed by atoms with E-state index < -0.39 is 23.3 Å². The smallest absolute Gasteiger partial charge is 0.167 e. The molecule has 36 heavy (non-hydrogen) atoms. The van der Waals surface area contributed by atoms with Crippen molar-refractivity contribution in [2.24, 2.45) is 5.92 Å². The van der Waals surface area contributed by atoms with Crippen LogP contribution in [0.25, 0.3) is 11.1 Å². The van der Waals surface area contributed by atoms with E-state index in [0.29, 0.717) is 31.6 Å². The average molecular weight is 505 g/mol. The highest BCUT2D eigenvalue weighted by Gasteiger charge is 2.28. The van der Waals surface area contributed by atoms with Crippen molar-refractivity contribution in [3.8, 4) is 11.1 Å². The summed E-state index contributed by atoms with van der Waals surface area (Å²) in [5, 5.41) is 0. The largest absolute Gasteiger partial charge is 0.378 e. The van der Waals surface area contributed by atoms with Gasteiger partial charge in [0, 0.05) is 23.7 Å². The molecule has 0 radical (unpaired) electrons. The highest BCUT2D eigenvalue weighted by molar-refractivity contribution is 5.66. The molecule has 2 nitrogen and oxygen atoms in total. The highest BCUT2D eigenvalue weighted by atomic mass is 19.2. The second-order valence-corrected chi connectivity index (χ2v) is 10.1. The van der Waals surface area contributed by atoms with Gasteiger partial charge in [-0.3, -0.25) is 0 Å². The fraction of sp³-hybridized carbons (Fsp3) is 0.533. The molecule has 2 aliphatic heterocycles. The molecule has 0 amide bonds. The maximum atomic E-state index is 15.1. The lowest BCUT2D eigenvalue weighted by molar-refractivity contribution is -0.0216. The zero-order chi connectivity index (χ0) is 25.7. The minimum atomic E-state index is -1.16. The van der Waals surface area contributed by atoms with Gasteiger partial charge in [-0.2, -0.15) is 0 Å². The Morgan fingerprint density at radius 1 is 0.806 bits per heavy atom. The van der Waals surface area contributed by atoms with Gasteiger partial charge in [0.25, 0.3) is 0 Å². The van der Waals surface area contributed by atoms with E-state index in [1.807, 2.05) is 19.1 Å². The van der Waals surface area contributed by atoms with Crippen LogP contribution >= 0.6 is 0 Å². The Labute approximate surface area is 211 Å². The summed E-state index contributed by atoms with van der Waals surface area (Å²) in [6.45, 7) is 5.07. The fourth-order valence-electron chi connectivity index (χ4n) is 5.50. The second kappa shape index (κ2) is 12.4. The first-order valence-electron chi connectivity index (χ1n) is 13.2. The van der Waals surface area contributed by atoms with Gasteiger partial charge >= 0.3 is 0 Å². The number of ether oxygens (including phenoxy) is 2. The Balaban J connectivity index is 1.44. The Morgan fingerprint density at radius 2 is 1.56 bits per heavy atom. The van der Waals surface area contributed by atoms with Gasteiger partial charge in [0.05, 0.1) is 18.8 Å². The van der Waals surface area contributed by atoms with E-state index in [4.69, 9.17) is 9.47 Å². The molecular weight excluding hydrogens is 468 g/mol. The molecule has 2 aromatic rings. The van der Waals surface area contributed by atoms with Crippen molar-refractivity contribution in [3.63, 3.8) is 0 Å². The van der Waals surface area contributed by atoms with E-state index in [9.17, 15) is 4.39 Å². The van der Waals surface area contributed by atoms with E-state index in [1.165, 1.54) is 24.3 Å². The van der Waals surface area contributed by atoms with Crippen LogP contribution in [0.1, 0.15) is 75.8 Å². The van der Waals surface area contributed by atoms with Gasteiger partial charge in [-0.15, -0.1) is 0 Å². The molecule has 4 unspecified atom stereocenters. The molecule has 0 saturated carbocycles. The number of rotatable bonds is 8. The molecule has 196 valence electrons. The number of hydrogen-bond acceptors (Lipinski definition) is 2. The van der Waals surface area contributed by atoms with Gasteiger partial charge in [-0.05, 0) is 68.9 Å². The quantitative estimate of drug-likeness (QED) is 0.266. The third kappa shape index (κ3) is 6.03. The second-order valence-electron chi connectivity index (χ2n) is 10.1. The summed E-state index contributed by atoms with van der Waals surface area (Å²) < 4.78 is 71.6. The minimum absolute atomic E-state index is 0.0170. The van der Waals surface area contributed by atoms with E-state index >= 15 is 13.2 Å². The summed E-state index contributed by atoms with van der Waals surface area (Å²) in [4.78, 5) is 0. The van der Waals surface area contributed by atoms with Crippen LogP contribution in [0, 0.1) is 29.2 Å². The first-order chi connectivity index (χ1) is 17.4. The third-order valence-electron chi connectivity index (χ3n) is 7.62. The Bertz CT molecular complexity index is 1050. The highest BCUT2D eigenvalue weighted by Crippen LogP contribution is 2.36. The first kappa shape index (κ1) is 26.9. The van der Waals surface area contributed by atoms with Crippen LogP contribution < -0.4 is 0 Å². The molecule has 0 aromatic heterocycles. The molecule has 4 rings (SSSR count). The summed E-state index contributed by atoms with van der Waals surface area (Å²) in [6, 6.07) is 5.62. The Morgan fingerprint density at radius 3 is 2.19 bits per heavy atom. The maximum absolute atomic E-state index is 15.1. The van der Waals surface area contributed by atoms with Crippen LogP contribution in [0.15, 0.2) is 36.4 Å². The Hall–Kier alpha value is -2.18. The van der Waals surface area contributed by atoms with Gasteiger partial charge < -0.3 is 9.47 Å². The number of hydrogen-bond donors (Lipinski definition) is 0. The van der Waals surface area contributed by atoms with E-state index in [1.54, 1.807) is 0 Å². The third-order valence-corrected chi connectivity index (χ3v) is 7.62. The maximum Gasteiger partial charge on any atom is 0.167 e. The molecule has 0 aliphatic carbocycles. The number of benzene rings is 2. The zero-order valence-corrected chi connectivity index (χ0v) is 21.2. The van der Waals surface area contributed by atoms with Crippen LogP contribution in [-0.2, 0) is 15.9 Å². The lowest BCUT2D eigenvalue weighted by Crippen LogP contribution is -2.26. The van der Waals surface area contributed by atoms with Crippen molar-refractivity contribution < 1.29 is 27.0 Å². The molecule has 0 spiro atoms. The molecule has 6 heteroatoms. The fourth-order valence-corrected chi connectivity index (χ4v) is 5.50. The molecule has 2 heterocycles. The standard InChI is InChI=1S/C30H36F4O2/c1-3-5-19-7-11-23(35-17-19)12-8-20-10-14-25(29(33)27(20)31)26-16-15-24(28(32)30(26)34)21-9-13-22(6-4-2)36-18-21/h4,6,10,14-16,19,21-23H,3,5,7-9,11-13,17-18H2,1-2H3. The van der Waals surface area contributed by atoms with Crippen LogP contribution in [0.2, 0.25) is 0 Å². The van der Waals surface area contributed by atoms with Crippen molar-refractivity contribution in [3.05, 3.63) is 70.8 Å². The molecule has 2 saturated heterocycles. The van der Waals surface area contributed by atoms with Crippen molar-refractivity contribution in [1.29, 1.82) is 0 Å². The SMILES string of the molecule is CC=CC1CCC(c2ccc(-c3ccc(CCC4CCC(CCC)CO4)c(F)c3F)c(F)c2F)CO1. The van der Waals surface area contributed by atoms with Crippen LogP contribution in [0.4, 0.5) is 17.6 Å². The van der Waals surface area contributed by atoms with Crippen LogP contribution in [-0.4, -0.2) is 25.4 Å². The van der Waals surface area contributed by atoms with Crippen molar-refractivity contribution in [2.75, 3.05) is 13.2 Å². The molecule has 0 N–H and O–H groups in total. The summed E-state index contributed by atoms with van der Waals surface area (Å²) in [7, 11) is 0. The summed E-state index contributed by atoms with van der Waals surface area (Å²) in [5.41, 5.74) is -0.117. The van der Waals surface area contributed by atoms with Crippen LogP contribution in [0.3, 0.4) is 0 Å². The van der Waals surface area contributed by atoms with E-state index in [0.717, 1.165) is 32.3 Å². The topological polar surface area (TPSA) is 18.5 Å². The predicted molar refractivity (Wildman–Crippen MR) is 134 cm³/mol. The van der Waals surface area contributed by atoms with Gasteiger partial charge in [-0.25, -0.2) is 17.6 Å². The minimum Gasteiger partial charge on any atom is -0.378 e. The zero-order valence-electron chi connectivity index (χ0n) is 21.2. The number of aryl methyl sites for hydroxylation is 1. The van der Waals surface area contributed by atoms with E-state index in [2.05, 4.69) is 6.92 Å². The van der Waals surface area contributed by atoms with Gasteiger partial charge in [0.1, 0.15) is 0 Å².